The van der Waals surface area contributed by atoms with Crippen LogP contribution in [0.2, 0.25) is 5.15 Å². The van der Waals surface area contributed by atoms with E-state index in [-0.39, 0.29) is 16.1 Å². The molecule has 7 heteroatoms. The van der Waals surface area contributed by atoms with Crippen LogP contribution in [0.15, 0.2) is 39.6 Å². The van der Waals surface area contributed by atoms with E-state index < -0.39 is 0 Å². The van der Waals surface area contributed by atoms with Gasteiger partial charge in [0.05, 0.1) is 0 Å². The summed E-state index contributed by atoms with van der Waals surface area (Å²) in [6, 6.07) is 9.86. The molecule has 1 aliphatic rings. The summed E-state index contributed by atoms with van der Waals surface area (Å²) in [4.78, 5) is 11.9. The van der Waals surface area contributed by atoms with Gasteiger partial charge < -0.3 is 10.1 Å². The number of benzene rings is 1. The van der Waals surface area contributed by atoms with Gasteiger partial charge in [-0.25, -0.2) is 5.10 Å². The Kier molecular flexibility index (Phi) is 5.04. The highest BCUT2D eigenvalue weighted by atomic mass is 79.9. The zero-order valence-corrected chi connectivity index (χ0v) is 14.8. The minimum atomic E-state index is -0.272. The molecule has 2 N–H and O–H groups in total. The minimum absolute atomic E-state index is 0.0792. The predicted molar refractivity (Wildman–Crippen MR) is 94.2 cm³/mol. The van der Waals surface area contributed by atoms with Gasteiger partial charge in [-0.15, -0.1) is 0 Å². The van der Waals surface area contributed by atoms with Crippen molar-refractivity contribution in [2.75, 3.05) is 25.1 Å². The summed E-state index contributed by atoms with van der Waals surface area (Å²) in [5, 5.41) is 9.57. The average molecular weight is 399 g/mol. The fraction of sp³-hybridized carbons (Fsp3) is 0.375. The van der Waals surface area contributed by atoms with E-state index in [1.165, 1.54) is 5.56 Å². The highest BCUT2D eigenvalue weighted by Crippen LogP contribution is 2.36. The third-order valence-corrected chi connectivity index (χ3v) is 4.96. The number of hydrogen-bond acceptors (Lipinski definition) is 4. The molecule has 0 atom stereocenters. The molecule has 0 aliphatic carbocycles. The second-order valence-electron chi connectivity index (χ2n) is 5.69. The number of nitrogens with zero attached hydrogens (tertiary/aromatic N) is 1. The normalized spacial score (nSPS) is 17.0. The number of nitrogens with one attached hydrogen (secondary N) is 2. The molecule has 0 bridgehead atoms. The third-order valence-electron chi connectivity index (χ3n) is 4.28. The van der Waals surface area contributed by atoms with Crippen molar-refractivity contribution < 1.29 is 4.74 Å². The van der Waals surface area contributed by atoms with Gasteiger partial charge in [0.1, 0.15) is 5.69 Å². The largest absolute Gasteiger partial charge is 0.381 e. The number of aromatic nitrogens is 2. The van der Waals surface area contributed by atoms with Gasteiger partial charge in [-0.05, 0) is 30.5 Å². The van der Waals surface area contributed by atoms with Crippen molar-refractivity contribution in [1.82, 2.24) is 10.2 Å². The van der Waals surface area contributed by atoms with E-state index in [0.29, 0.717) is 25.4 Å². The Hall–Kier alpha value is -1.37. The van der Waals surface area contributed by atoms with Crippen molar-refractivity contribution in [3.8, 4) is 0 Å². The SMILES string of the molecule is O=c1[nH]nc(Cl)cc1NCC1(c2cccc(Br)c2)CCOCC1. The van der Waals surface area contributed by atoms with E-state index >= 15 is 0 Å². The third kappa shape index (κ3) is 3.76. The van der Waals surface area contributed by atoms with Crippen LogP contribution in [0.25, 0.3) is 0 Å². The van der Waals surface area contributed by atoms with E-state index in [2.05, 4.69) is 43.6 Å². The zero-order valence-electron chi connectivity index (χ0n) is 12.4. The summed E-state index contributed by atoms with van der Waals surface area (Å²) in [6.07, 6.45) is 1.79. The maximum Gasteiger partial charge on any atom is 0.287 e. The molecule has 0 unspecified atom stereocenters. The van der Waals surface area contributed by atoms with Gasteiger partial charge in [-0.2, -0.15) is 5.10 Å². The first-order valence-electron chi connectivity index (χ1n) is 7.42. The molecule has 0 amide bonds. The maximum atomic E-state index is 11.9. The van der Waals surface area contributed by atoms with E-state index in [4.69, 9.17) is 16.3 Å². The van der Waals surface area contributed by atoms with Gasteiger partial charge in [0.2, 0.25) is 0 Å². The van der Waals surface area contributed by atoms with Gasteiger partial charge in [0.15, 0.2) is 5.15 Å². The summed E-state index contributed by atoms with van der Waals surface area (Å²) in [5.41, 5.74) is 1.32. The first-order chi connectivity index (χ1) is 11.1. The Labute approximate surface area is 147 Å². The van der Waals surface area contributed by atoms with Gasteiger partial charge in [-0.1, -0.05) is 39.7 Å². The Morgan fingerprint density at radius 2 is 2.13 bits per heavy atom. The van der Waals surface area contributed by atoms with Crippen molar-refractivity contribution in [1.29, 1.82) is 0 Å². The van der Waals surface area contributed by atoms with Crippen molar-refractivity contribution in [3.63, 3.8) is 0 Å². The Morgan fingerprint density at radius 1 is 1.35 bits per heavy atom. The molecule has 1 fully saturated rings. The van der Waals surface area contributed by atoms with Crippen molar-refractivity contribution in [3.05, 3.63) is 55.9 Å². The molecular weight excluding hydrogens is 382 g/mol. The van der Waals surface area contributed by atoms with E-state index in [0.717, 1.165) is 17.3 Å². The molecule has 23 heavy (non-hydrogen) atoms. The zero-order chi connectivity index (χ0) is 16.3. The van der Waals surface area contributed by atoms with Gasteiger partial charge in [-0.3, -0.25) is 4.79 Å². The molecule has 3 rings (SSSR count). The highest BCUT2D eigenvalue weighted by Gasteiger charge is 2.34. The quantitative estimate of drug-likeness (QED) is 0.829. The Morgan fingerprint density at radius 3 is 2.87 bits per heavy atom. The van der Waals surface area contributed by atoms with Crippen LogP contribution in [0.1, 0.15) is 18.4 Å². The highest BCUT2D eigenvalue weighted by molar-refractivity contribution is 9.10. The second kappa shape index (κ2) is 7.03. The van der Waals surface area contributed by atoms with Crippen LogP contribution in [-0.2, 0) is 10.2 Å². The van der Waals surface area contributed by atoms with Crippen LogP contribution >= 0.6 is 27.5 Å². The lowest BCUT2D eigenvalue weighted by Crippen LogP contribution is -2.40. The molecule has 1 saturated heterocycles. The molecule has 0 saturated carbocycles. The fourth-order valence-electron chi connectivity index (χ4n) is 2.93. The molecule has 122 valence electrons. The lowest BCUT2D eigenvalue weighted by molar-refractivity contribution is 0.0543. The summed E-state index contributed by atoms with van der Waals surface area (Å²) in [6.45, 7) is 2.06. The standard InChI is InChI=1S/C16H17BrClN3O2/c17-12-3-1-2-11(8-12)16(4-6-23-7-5-16)10-19-13-9-14(18)20-21-15(13)22/h1-3,8-9H,4-7,10H2,(H,19,20)(H,21,22). The van der Waals surface area contributed by atoms with Crippen LogP contribution in [0, 0.1) is 0 Å². The number of rotatable bonds is 4. The molecule has 1 aromatic heterocycles. The number of H-pyrrole nitrogens is 1. The van der Waals surface area contributed by atoms with E-state index in [1.54, 1.807) is 6.07 Å². The Balaban J connectivity index is 1.88. The molecule has 0 radical (unpaired) electrons. The number of hydrogen-bond donors (Lipinski definition) is 2. The topological polar surface area (TPSA) is 67.0 Å². The summed E-state index contributed by atoms with van der Waals surface area (Å²) in [5.74, 6) is 0. The van der Waals surface area contributed by atoms with E-state index in [9.17, 15) is 4.79 Å². The molecule has 1 aliphatic heterocycles. The summed E-state index contributed by atoms with van der Waals surface area (Å²) in [7, 11) is 0. The second-order valence-corrected chi connectivity index (χ2v) is 6.99. The predicted octanol–water partition coefficient (Wildman–Crippen LogP) is 3.35. The lowest BCUT2D eigenvalue weighted by atomic mass is 9.74. The number of halogens is 2. The first kappa shape index (κ1) is 16.5. The van der Waals surface area contributed by atoms with Crippen LogP contribution in [0.4, 0.5) is 5.69 Å². The van der Waals surface area contributed by atoms with Crippen molar-refractivity contribution in [2.24, 2.45) is 0 Å². The van der Waals surface area contributed by atoms with Crippen molar-refractivity contribution >= 4 is 33.2 Å². The first-order valence-corrected chi connectivity index (χ1v) is 8.59. The van der Waals surface area contributed by atoms with Crippen LogP contribution in [-0.4, -0.2) is 30.0 Å². The summed E-state index contributed by atoms with van der Waals surface area (Å²) >= 11 is 9.40. The van der Waals surface area contributed by atoms with Gasteiger partial charge >= 0.3 is 0 Å². The van der Waals surface area contributed by atoms with Gasteiger partial charge in [0.25, 0.3) is 5.56 Å². The van der Waals surface area contributed by atoms with Crippen LogP contribution in [0.5, 0.6) is 0 Å². The monoisotopic (exact) mass is 397 g/mol. The smallest absolute Gasteiger partial charge is 0.287 e. The van der Waals surface area contributed by atoms with Gasteiger partial charge in [0, 0.05) is 35.7 Å². The number of ether oxygens (including phenoxy) is 1. The van der Waals surface area contributed by atoms with Crippen molar-refractivity contribution in [2.45, 2.75) is 18.3 Å². The average Bonchev–Trinajstić information content (AvgIpc) is 2.56. The lowest BCUT2D eigenvalue weighted by Gasteiger charge is -2.38. The molecule has 1 aromatic carbocycles. The molecule has 5 nitrogen and oxygen atoms in total. The Bertz CT molecular complexity index is 744. The number of aromatic amines is 1. The number of anilines is 1. The molecule has 0 spiro atoms. The minimum Gasteiger partial charge on any atom is -0.381 e. The molecule has 2 heterocycles. The maximum absolute atomic E-state index is 11.9. The fourth-order valence-corrected chi connectivity index (χ4v) is 3.48. The van der Waals surface area contributed by atoms with Crippen LogP contribution < -0.4 is 10.9 Å². The van der Waals surface area contributed by atoms with E-state index in [1.807, 2.05) is 12.1 Å². The summed E-state index contributed by atoms with van der Waals surface area (Å²) < 4.78 is 6.58. The molecule has 2 aromatic rings. The van der Waals surface area contributed by atoms with Crippen LogP contribution in [0.3, 0.4) is 0 Å². The molecular formula is C16H17BrClN3O2.